The second kappa shape index (κ2) is 5.83. The lowest BCUT2D eigenvalue weighted by atomic mass is 9.85. The molecule has 0 radical (unpaired) electrons. The topological polar surface area (TPSA) is 33.2 Å². The van der Waals surface area contributed by atoms with Crippen molar-refractivity contribution in [1.29, 1.82) is 0 Å². The molecule has 18 heavy (non-hydrogen) atoms. The van der Waals surface area contributed by atoms with Gasteiger partial charge in [-0.15, -0.1) is 0 Å². The SMILES string of the molecule is CC1CCCCC1N(C)C(=O)c1cccc(Br)n1. The number of amides is 1. The molecule has 3 nitrogen and oxygen atoms in total. The standard InChI is InChI=1S/C14H19BrN2O/c1-10-6-3-4-8-12(10)17(2)14(18)11-7-5-9-13(15)16-11/h5,7,9-10,12H,3-4,6,8H2,1-2H3. The summed E-state index contributed by atoms with van der Waals surface area (Å²) in [6, 6.07) is 5.81. The molecule has 1 aliphatic rings. The molecule has 1 saturated carbocycles. The van der Waals surface area contributed by atoms with Gasteiger partial charge in [-0.3, -0.25) is 4.79 Å². The van der Waals surface area contributed by atoms with Crippen LogP contribution in [0.1, 0.15) is 43.1 Å². The molecule has 1 aliphatic carbocycles. The highest BCUT2D eigenvalue weighted by Gasteiger charge is 2.28. The molecule has 0 spiro atoms. The Morgan fingerprint density at radius 2 is 2.11 bits per heavy atom. The van der Waals surface area contributed by atoms with Gasteiger partial charge in [0.15, 0.2) is 0 Å². The Hall–Kier alpha value is -0.900. The first kappa shape index (κ1) is 13.5. The van der Waals surface area contributed by atoms with Gasteiger partial charge in [0, 0.05) is 13.1 Å². The zero-order chi connectivity index (χ0) is 13.1. The van der Waals surface area contributed by atoms with E-state index in [0.717, 1.165) is 6.42 Å². The van der Waals surface area contributed by atoms with E-state index >= 15 is 0 Å². The Morgan fingerprint density at radius 1 is 1.39 bits per heavy atom. The van der Waals surface area contributed by atoms with Crippen LogP contribution in [-0.4, -0.2) is 28.9 Å². The van der Waals surface area contributed by atoms with E-state index in [-0.39, 0.29) is 5.91 Å². The van der Waals surface area contributed by atoms with E-state index in [4.69, 9.17) is 0 Å². The summed E-state index contributed by atoms with van der Waals surface area (Å²) in [5.74, 6) is 0.606. The van der Waals surface area contributed by atoms with E-state index in [1.54, 1.807) is 6.07 Å². The van der Waals surface area contributed by atoms with Gasteiger partial charge in [0.05, 0.1) is 0 Å². The summed E-state index contributed by atoms with van der Waals surface area (Å²) >= 11 is 3.31. The van der Waals surface area contributed by atoms with Crippen LogP contribution in [0.5, 0.6) is 0 Å². The van der Waals surface area contributed by atoms with Crippen molar-refractivity contribution in [2.45, 2.75) is 38.6 Å². The monoisotopic (exact) mass is 310 g/mol. The summed E-state index contributed by atoms with van der Waals surface area (Å²) in [6.45, 7) is 2.24. The van der Waals surface area contributed by atoms with Crippen molar-refractivity contribution < 1.29 is 4.79 Å². The van der Waals surface area contributed by atoms with Crippen LogP contribution in [0.25, 0.3) is 0 Å². The van der Waals surface area contributed by atoms with Gasteiger partial charge in [-0.25, -0.2) is 4.98 Å². The van der Waals surface area contributed by atoms with Gasteiger partial charge in [0.2, 0.25) is 0 Å². The first-order chi connectivity index (χ1) is 8.59. The summed E-state index contributed by atoms with van der Waals surface area (Å²) in [5.41, 5.74) is 0.518. The minimum Gasteiger partial charge on any atom is -0.337 e. The number of hydrogen-bond donors (Lipinski definition) is 0. The number of hydrogen-bond acceptors (Lipinski definition) is 2. The first-order valence-electron chi connectivity index (χ1n) is 6.49. The maximum absolute atomic E-state index is 12.4. The van der Waals surface area contributed by atoms with Crippen molar-refractivity contribution in [3.8, 4) is 0 Å². The first-order valence-corrected chi connectivity index (χ1v) is 7.28. The predicted molar refractivity (Wildman–Crippen MR) is 75.5 cm³/mol. The van der Waals surface area contributed by atoms with Crippen LogP contribution in [0, 0.1) is 5.92 Å². The van der Waals surface area contributed by atoms with E-state index < -0.39 is 0 Å². The Kier molecular flexibility index (Phi) is 4.38. The molecule has 0 aliphatic heterocycles. The molecule has 0 bridgehead atoms. The van der Waals surface area contributed by atoms with Crippen LogP contribution in [0.4, 0.5) is 0 Å². The zero-order valence-corrected chi connectivity index (χ0v) is 12.5. The molecule has 1 fully saturated rings. The third-order valence-electron chi connectivity index (χ3n) is 3.82. The predicted octanol–water partition coefficient (Wildman–Crippen LogP) is 3.49. The highest BCUT2D eigenvalue weighted by atomic mass is 79.9. The molecule has 2 rings (SSSR count). The van der Waals surface area contributed by atoms with Crippen LogP contribution < -0.4 is 0 Å². The fraction of sp³-hybridized carbons (Fsp3) is 0.571. The van der Waals surface area contributed by atoms with E-state index in [1.165, 1.54) is 19.3 Å². The molecule has 4 heteroatoms. The molecule has 0 saturated heterocycles. The normalized spacial score (nSPS) is 23.7. The lowest BCUT2D eigenvalue weighted by molar-refractivity contribution is 0.0623. The van der Waals surface area contributed by atoms with Gasteiger partial charge in [0.1, 0.15) is 10.3 Å². The minimum atomic E-state index is 0.0232. The van der Waals surface area contributed by atoms with E-state index in [1.807, 2.05) is 24.1 Å². The van der Waals surface area contributed by atoms with Gasteiger partial charge in [-0.1, -0.05) is 25.8 Å². The average Bonchev–Trinajstić information content (AvgIpc) is 2.37. The second-order valence-corrected chi connectivity index (χ2v) is 5.90. The molecule has 1 heterocycles. The Morgan fingerprint density at radius 3 is 2.78 bits per heavy atom. The van der Waals surface area contributed by atoms with Crippen LogP contribution in [0.3, 0.4) is 0 Å². The number of aromatic nitrogens is 1. The number of nitrogens with zero attached hydrogens (tertiary/aromatic N) is 2. The quantitative estimate of drug-likeness (QED) is 0.783. The van der Waals surface area contributed by atoms with Crippen molar-refractivity contribution in [1.82, 2.24) is 9.88 Å². The lowest BCUT2D eigenvalue weighted by Gasteiger charge is -2.36. The molecule has 2 atom stereocenters. The Labute approximate surface area is 117 Å². The molecule has 2 unspecified atom stereocenters. The van der Waals surface area contributed by atoms with E-state index in [0.29, 0.717) is 22.3 Å². The summed E-state index contributed by atoms with van der Waals surface area (Å²) in [4.78, 5) is 18.5. The molecule has 98 valence electrons. The molecule has 0 aromatic carbocycles. The molecule has 1 aromatic heterocycles. The molecular formula is C14H19BrN2O. The van der Waals surface area contributed by atoms with Crippen molar-refractivity contribution in [3.05, 3.63) is 28.5 Å². The van der Waals surface area contributed by atoms with Crippen LogP contribution in [-0.2, 0) is 0 Å². The van der Waals surface area contributed by atoms with Crippen molar-refractivity contribution in [2.24, 2.45) is 5.92 Å². The fourth-order valence-electron chi connectivity index (χ4n) is 2.73. The van der Waals surface area contributed by atoms with Gasteiger partial charge < -0.3 is 4.90 Å². The van der Waals surface area contributed by atoms with Gasteiger partial charge in [0.25, 0.3) is 5.91 Å². The zero-order valence-electron chi connectivity index (χ0n) is 10.9. The average molecular weight is 311 g/mol. The Balaban J connectivity index is 2.13. The van der Waals surface area contributed by atoms with Crippen molar-refractivity contribution in [3.63, 3.8) is 0 Å². The number of carbonyl (C=O) groups is 1. The maximum atomic E-state index is 12.4. The summed E-state index contributed by atoms with van der Waals surface area (Å²) < 4.78 is 0.707. The lowest BCUT2D eigenvalue weighted by Crippen LogP contribution is -2.42. The third kappa shape index (κ3) is 2.91. The Bertz CT molecular complexity index is 436. The summed E-state index contributed by atoms with van der Waals surface area (Å²) in [6.07, 6.45) is 4.83. The molecule has 1 aromatic rings. The fourth-order valence-corrected chi connectivity index (χ4v) is 3.07. The summed E-state index contributed by atoms with van der Waals surface area (Å²) in [7, 11) is 1.90. The largest absolute Gasteiger partial charge is 0.337 e. The van der Waals surface area contributed by atoms with Crippen molar-refractivity contribution >= 4 is 21.8 Å². The number of rotatable bonds is 2. The molecular weight excluding hydrogens is 292 g/mol. The van der Waals surface area contributed by atoms with Crippen molar-refractivity contribution in [2.75, 3.05) is 7.05 Å². The highest BCUT2D eigenvalue weighted by molar-refractivity contribution is 9.10. The number of halogens is 1. The number of pyridine rings is 1. The second-order valence-electron chi connectivity index (χ2n) is 5.09. The maximum Gasteiger partial charge on any atom is 0.272 e. The minimum absolute atomic E-state index is 0.0232. The van der Waals surface area contributed by atoms with Crippen LogP contribution in [0.2, 0.25) is 0 Å². The number of carbonyl (C=O) groups excluding carboxylic acids is 1. The molecule has 0 N–H and O–H groups in total. The van der Waals surface area contributed by atoms with E-state index in [2.05, 4.69) is 27.8 Å². The van der Waals surface area contributed by atoms with Gasteiger partial charge in [-0.05, 0) is 46.8 Å². The third-order valence-corrected chi connectivity index (χ3v) is 4.26. The smallest absolute Gasteiger partial charge is 0.272 e. The van der Waals surface area contributed by atoms with Crippen LogP contribution >= 0.6 is 15.9 Å². The highest BCUT2D eigenvalue weighted by Crippen LogP contribution is 2.28. The summed E-state index contributed by atoms with van der Waals surface area (Å²) in [5, 5.41) is 0. The molecule has 1 amide bonds. The van der Waals surface area contributed by atoms with Gasteiger partial charge >= 0.3 is 0 Å². The van der Waals surface area contributed by atoms with E-state index in [9.17, 15) is 4.79 Å². The van der Waals surface area contributed by atoms with Gasteiger partial charge in [-0.2, -0.15) is 0 Å². The van der Waals surface area contributed by atoms with Crippen LogP contribution in [0.15, 0.2) is 22.8 Å².